The van der Waals surface area contributed by atoms with Gasteiger partial charge in [-0.05, 0) is 37.5 Å². The van der Waals surface area contributed by atoms with E-state index in [1.165, 1.54) is 11.3 Å². The van der Waals surface area contributed by atoms with Gasteiger partial charge in [0.1, 0.15) is 11.4 Å². The molecule has 0 radical (unpaired) electrons. The van der Waals surface area contributed by atoms with E-state index in [1.54, 1.807) is 38.7 Å². The van der Waals surface area contributed by atoms with Gasteiger partial charge in [-0.25, -0.2) is 4.98 Å². The first-order valence-corrected chi connectivity index (χ1v) is 11.2. The van der Waals surface area contributed by atoms with E-state index in [1.807, 2.05) is 11.8 Å². The Balaban J connectivity index is 1.46. The summed E-state index contributed by atoms with van der Waals surface area (Å²) in [4.78, 5) is 41.7. The predicted molar refractivity (Wildman–Crippen MR) is 120 cm³/mol. The molecule has 0 bridgehead atoms. The van der Waals surface area contributed by atoms with Crippen molar-refractivity contribution in [1.29, 1.82) is 0 Å². The summed E-state index contributed by atoms with van der Waals surface area (Å²) in [5.41, 5.74) is 1.36. The molecule has 1 aliphatic rings. The van der Waals surface area contributed by atoms with Crippen molar-refractivity contribution in [3.8, 4) is 5.88 Å². The summed E-state index contributed by atoms with van der Waals surface area (Å²) < 4.78 is 10.6. The van der Waals surface area contributed by atoms with E-state index in [9.17, 15) is 9.59 Å². The molecule has 9 nitrogen and oxygen atoms in total. The number of piperidine rings is 1. The SMILES string of the molecule is COCc1nc(OC)c2c(C)c(C(=O)N3CCC(NC(=O)c4cccnc4)CC3)sc2n1. The number of nitrogens with zero attached hydrogens (tertiary/aromatic N) is 4. The fourth-order valence-electron chi connectivity index (χ4n) is 3.83. The number of carbonyl (C=O) groups is 2. The Morgan fingerprint density at radius 2 is 2.03 bits per heavy atom. The van der Waals surface area contributed by atoms with Crippen LogP contribution < -0.4 is 10.1 Å². The Morgan fingerprint density at radius 3 is 2.69 bits per heavy atom. The van der Waals surface area contributed by atoms with Crippen LogP contribution in [0.3, 0.4) is 0 Å². The third-order valence-corrected chi connectivity index (χ3v) is 6.68. The zero-order valence-corrected chi connectivity index (χ0v) is 19.1. The van der Waals surface area contributed by atoms with Gasteiger partial charge in [0.2, 0.25) is 5.88 Å². The molecule has 32 heavy (non-hydrogen) atoms. The number of thiophene rings is 1. The van der Waals surface area contributed by atoms with Crippen LogP contribution in [0.5, 0.6) is 5.88 Å². The summed E-state index contributed by atoms with van der Waals surface area (Å²) in [5, 5.41) is 3.80. The van der Waals surface area contributed by atoms with Gasteiger partial charge in [0.25, 0.3) is 11.8 Å². The molecule has 1 N–H and O–H groups in total. The lowest BCUT2D eigenvalue weighted by atomic mass is 10.0. The number of aryl methyl sites for hydroxylation is 1. The number of ether oxygens (including phenoxy) is 2. The highest BCUT2D eigenvalue weighted by Crippen LogP contribution is 2.36. The van der Waals surface area contributed by atoms with Crippen molar-refractivity contribution in [2.75, 3.05) is 27.3 Å². The minimum atomic E-state index is -0.138. The highest BCUT2D eigenvalue weighted by molar-refractivity contribution is 7.20. The lowest BCUT2D eigenvalue weighted by Crippen LogP contribution is -2.46. The summed E-state index contributed by atoms with van der Waals surface area (Å²) in [5.74, 6) is 0.799. The average Bonchev–Trinajstić information content (AvgIpc) is 3.15. The predicted octanol–water partition coefficient (Wildman–Crippen LogP) is 2.58. The van der Waals surface area contributed by atoms with Gasteiger partial charge < -0.3 is 19.7 Å². The first-order valence-electron chi connectivity index (χ1n) is 10.3. The van der Waals surface area contributed by atoms with Crippen molar-refractivity contribution in [3.63, 3.8) is 0 Å². The molecule has 0 atom stereocenters. The van der Waals surface area contributed by atoms with Crippen LogP contribution in [0.2, 0.25) is 0 Å². The van der Waals surface area contributed by atoms with Crippen molar-refractivity contribution >= 4 is 33.4 Å². The van der Waals surface area contributed by atoms with E-state index in [0.717, 1.165) is 10.9 Å². The number of amides is 2. The largest absolute Gasteiger partial charge is 0.480 e. The molecule has 3 aromatic heterocycles. The van der Waals surface area contributed by atoms with E-state index < -0.39 is 0 Å². The number of hydrogen-bond acceptors (Lipinski definition) is 8. The van der Waals surface area contributed by atoms with Crippen LogP contribution in [0.15, 0.2) is 24.5 Å². The van der Waals surface area contributed by atoms with Crippen LogP contribution in [-0.4, -0.2) is 65.0 Å². The Kier molecular flexibility index (Phi) is 6.61. The number of aromatic nitrogens is 3. The lowest BCUT2D eigenvalue weighted by Gasteiger charge is -2.32. The van der Waals surface area contributed by atoms with Gasteiger partial charge in [0.05, 0.1) is 22.9 Å². The van der Waals surface area contributed by atoms with Gasteiger partial charge in [0.15, 0.2) is 5.82 Å². The van der Waals surface area contributed by atoms with Crippen LogP contribution in [0.25, 0.3) is 10.2 Å². The Labute approximate surface area is 189 Å². The first kappa shape index (κ1) is 22.1. The van der Waals surface area contributed by atoms with Crippen LogP contribution in [-0.2, 0) is 11.3 Å². The summed E-state index contributed by atoms with van der Waals surface area (Å²) in [6, 6.07) is 3.50. The van der Waals surface area contributed by atoms with Crippen molar-refractivity contribution < 1.29 is 19.1 Å². The fraction of sp³-hybridized carbons (Fsp3) is 0.409. The Hall–Kier alpha value is -3.11. The molecule has 0 unspecified atom stereocenters. The second-order valence-corrected chi connectivity index (χ2v) is 8.60. The molecule has 2 amide bonds. The van der Waals surface area contributed by atoms with E-state index in [-0.39, 0.29) is 24.5 Å². The number of rotatable bonds is 6. The summed E-state index contributed by atoms with van der Waals surface area (Å²) >= 11 is 1.35. The third-order valence-electron chi connectivity index (χ3n) is 5.51. The maximum absolute atomic E-state index is 13.3. The number of carbonyl (C=O) groups excluding carboxylic acids is 2. The van der Waals surface area contributed by atoms with Gasteiger partial charge in [-0.3, -0.25) is 14.6 Å². The zero-order valence-electron chi connectivity index (χ0n) is 18.3. The van der Waals surface area contributed by atoms with E-state index >= 15 is 0 Å². The topological polar surface area (TPSA) is 107 Å². The zero-order chi connectivity index (χ0) is 22.7. The van der Waals surface area contributed by atoms with Crippen LogP contribution in [0, 0.1) is 6.92 Å². The molecule has 3 aromatic rings. The summed E-state index contributed by atoms with van der Waals surface area (Å²) in [6.45, 7) is 3.31. The molecule has 0 spiro atoms. The van der Waals surface area contributed by atoms with Gasteiger partial charge in [-0.2, -0.15) is 4.98 Å². The highest BCUT2D eigenvalue weighted by Gasteiger charge is 2.28. The molecule has 0 saturated carbocycles. The molecule has 1 fully saturated rings. The maximum atomic E-state index is 13.3. The normalized spacial score (nSPS) is 14.5. The molecule has 0 aromatic carbocycles. The van der Waals surface area contributed by atoms with Gasteiger partial charge in [-0.15, -0.1) is 11.3 Å². The average molecular weight is 456 g/mol. The van der Waals surface area contributed by atoms with Crippen LogP contribution in [0.1, 0.15) is 44.3 Å². The van der Waals surface area contributed by atoms with E-state index in [2.05, 4.69) is 20.3 Å². The molecular formula is C22H25N5O4S. The smallest absolute Gasteiger partial charge is 0.264 e. The fourth-order valence-corrected chi connectivity index (χ4v) is 4.98. The van der Waals surface area contributed by atoms with Crippen LogP contribution >= 0.6 is 11.3 Å². The first-order chi connectivity index (χ1) is 15.5. The highest BCUT2D eigenvalue weighted by atomic mass is 32.1. The Morgan fingerprint density at radius 1 is 1.25 bits per heavy atom. The van der Waals surface area contributed by atoms with E-state index in [0.29, 0.717) is 52.9 Å². The van der Waals surface area contributed by atoms with Gasteiger partial charge >= 0.3 is 0 Å². The molecule has 4 heterocycles. The molecule has 10 heteroatoms. The third kappa shape index (κ3) is 4.42. The second kappa shape index (κ2) is 9.58. The van der Waals surface area contributed by atoms with Crippen molar-refractivity contribution in [3.05, 3.63) is 46.4 Å². The second-order valence-electron chi connectivity index (χ2n) is 7.60. The molecule has 1 aliphatic heterocycles. The van der Waals surface area contributed by atoms with Crippen molar-refractivity contribution in [1.82, 2.24) is 25.2 Å². The van der Waals surface area contributed by atoms with E-state index in [4.69, 9.17) is 9.47 Å². The number of nitrogens with one attached hydrogen (secondary N) is 1. The van der Waals surface area contributed by atoms with Crippen molar-refractivity contribution in [2.24, 2.45) is 0 Å². The Bertz CT molecular complexity index is 1130. The quantitative estimate of drug-likeness (QED) is 0.609. The van der Waals surface area contributed by atoms with Gasteiger partial charge in [-0.1, -0.05) is 0 Å². The van der Waals surface area contributed by atoms with Gasteiger partial charge in [0, 0.05) is 38.6 Å². The number of methoxy groups -OCH3 is 2. The molecule has 0 aliphatic carbocycles. The molecule has 1 saturated heterocycles. The number of hydrogen-bond donors (Lipinski definition) is 1. The van der Waals surface area contributed by atoms with Crippen LogP contribution in [0.4, 0.5) is 0 Å². The number of fused-ring (bicyclic) bond motifs is 1. The molecule has 168 valence electrons. The summed E-state index contributed by atoms with van der Waals surface area (Å²) in [7, 11) is 3.14. The lowest BCUT2D eigenvalue weighted by molar-refractivity contribution is 0.0702. The minimum Gasteiger partial charge on any atom is -0.480 e. The molecular weight excluding hydrogens is 430 g/mol. The minimum absolute atomic E-state index is 0.0258. The monoisotopic (exact) mass is 455 g/mol. The van der Waals surface area contributed by atoms with Crippen molar-refractivity contribution in [2.45, 2.75) is 32.4 Å². The number of likely N-dealkylation sites (tertiary alicyclic amines) is 1. The number of pyridine rings is 1. The maximum Gasteiger partial charge on any atom is 0.264 e. The molecule has 4 rings (SSSR count). The summed E-state index contributed by atoms with van der Waals surface area (Å²) in [6.07, 6.45) is 4.58. The standard InChI is InChI=1S/C22H25N5O4S/c1-13-17-20(31-3)25-16(12-30-2)26-21(17)32-18(13)22(29)27-9-6-15(7-10-27)24-19(28)14-5-4-8-23-11-14/h4-5,8,11,15H,6-7,9-10,12H2,1-3H3,(H,24,28).